The third-order valence-corrected chi connectivity index (χ3v) is 6.90. The SMILES string of the molecule is O=C1C(=Cc2cc3oc(-c4cc5ccccc5s4)nc3o2)C(=O)c2cc(Cl)c(Cl)cc21. The molecule has 0 amide bonds. The molecular formula is C23H9Cl2NO4S. The van der Waals surface area contributed by atoms with Gasteiger partial charge in [-0.2, -0.15) is 4.98 Å². The van der Waals surface area contributed by atoms with Gasteiger partial charge in [-0.05, 0) is 35.7 Å². The minimum atomic E-state index is -0.425. The number of carbonyl (C=O) groups is 2. The molecule has 8 heteroatoms. The minimum absolute atomic E-state index is 0.0190. The van der Waals surface area contributed by atoms with E-state index in [-0.39, 0.29) is 26.7 Å². The van der Waals surface area contributed by atoms with Gasteiger partial charge in [-0.1, -0.05) is 41.4 Å². The van der Waals surface area contributed by atoms with Gasteiger partial charge in [0.25, 0.3) is 5.71 Å². The zero-order chi connectivity index (χ0) is 21.3. The van der Waals surface area contributed by atoms with Gasteiger partial charge in [0.05, 0.1) is 20.5 Å². The first-order chi connectivity index (χ1) is 15.0. The number of furan rings is 1. The molecule has 31 heavy (non-hydrogen) atoms. The highest BCUT2D eigenvalue weighted by atomic mass is 35.5. The molecule has 0 saturated carbocycles. The first-order valence-corrected chi connectivity index (χ1v) is 10.7. The van der Waals surface area contributed by atoms with Gasteiger partial charge in [0.2, 0.25) is 5.89 Å². The maximum absolute atomic E-state index is 12.7. The molecule has 5 nitrogen and oxygen atoms in total. The molecular weight excluding hydrogens is 457 g/mol. The standard InChI is InChI=1S/C23H9Cl2NO4S/c24-15-8-12-13(9-16(15)25)21(28)14(20(12)27)6-11-7-17-22(29-11)26-23(30-17)19-5-10-3-1-2-4-18(10)31-19/h1-9H. The number of thiophene rings is 1. The monoisotopic (exact) mass is 465 g/mol. The lowest BCUT2D eigenvalue weighted by atomic mass is 10.1. The summed E-state index contributed by atoms with van der Waals surface area (Å²) >= 11 is 13.6. The quantitative estimate of drug-likeness (QED) is 0.206. The second kappa shape index (κ2) is 6.65. The van der Waals surface area contributed by atoms with E-state index in [1.807, 2.05) is 30.3 Å². The number of hydrogen-bond acceptors (Lipinski definition) is 6. The lowest BCUT2D eigenvalue weighted by Gasteiger charge is -1.98. The van der Waals surface area contributed by atoms with E-state index in [1.54, 1.807) is 17.4 Å². The summed E-state index contributed by atoms with van der Waals surface area (Å²) in [5, 5.41) is 1.55. The van der Waals surface area contributed by atoms with E-state index in [1.165, 1.54) is 18.2 Å². The zero-order valence-electron chi connectivity index (χ0n) is 15.4. The van der Waals surface area contributed by atoms with E-state index in [2.05, 4.69) is 4.98 Å². The van der Waals surface area contributed by atoms with E-state index < -0.39 is 11.6 Å². The van der Waals surface area contributed by atoms with Crippen LogP contribution in [0.15, 0.2) is 62.9 Å². The number of carbonyl (C=O) groups excluding carboxylic acids is 2. The van der Waals surface area contributed by atoms with E-state index in [0.29, 0.717) is 22.9 Å². The molecule has 5 aromatic rings. The predicted octanol–water partition coefficient (Wildman–Crippen LogP) is 7.07. The van der Waals surface area contributed by atoms with Gasteiger partial charge in [0.15, 0.2) is 17.1 Å². The fourth-order valence-electron chi connectivity index (χ4n) is 3.61. The number of nitrogens with zero attached hydrogens (tertiary/aromatic N) is 1. The predicted molar refractivity (Wildman–Crippen MR) is 120 cm³/mol. The van der Waals surface area contributed by atoms with Gasteiger partial charge in [-0.25, -0.2) is 0 Å². The van der Waals surface area contributed by atoms with Crippen molar-refractivity contribution in [2.45, 2.75) is 0 Å². The van der Waals surface area contributed by atoms with Crippen molar-refractivity contribution in [3.63, 3.8) is 0 Å². The van der Waals surface area contributed by atoms with Gasteiger partial charge < -0.3 is 8.83 Å². The normalized spacial score (nSPS) is 13.5. The van der Waals surface area contributed by atoms with E-state index >= 15 is 0 Å². The number of allylic oxidation sites excluding steroid dienone is 1. The van der Waals surface area contributed by atoms with Crippen LogP contribution in [0.2, 0.25) is 10.0 Å². The highest BCUT2D eigenvalue weighted by Gasteiger charge is 2.34. The Bertz CT molecular complexity index is 1500. The largest absolute Gasteiger partial charge is 0.436 e. The summed E-state index contributed by atoms with van der Waals surface area (Å²) in [6.45, 7) is 0. The van der Waals surface area contributed by atoms with Gasteiger partial charge in [-0.15, -0.1) is 11.3 Å². The van der Waals surface area contributed by atoms with Gasteiger partial charge >= 0.3 is 0 Å². The Labute approximate surface area is 188 Å². The number of fused-ring (bicyclic) bond motifs is 3. The van der Waals surface area contributed by atoms with Crippen molar-refractivity contribution >= 4 is 73.6 Å². The average Bonchev–Trinajstić information content (AvgIpc) is 3.48. The molecule has 0 bridgehead atoms. The number of halogens is 2. The highest BCUT2D eigenvalue weighted by Crippen LogP contribution is 2.37. The van der Waals surface area contributed by atoms with Crippen LogP contribution in [0.5, 0.6) is 0 Å². The molecule has 0 radical (unpaired) electrons. The molecule has 1 aliphatic rings. The Hall–Kier alpha value is -3.19. The first-order valence-electron chi connectivity index (χ1n) is 9.17. The van der Waals surface area contributed by atoms with E-state index in [0.717, 1.165) is 15.0 Å². The van der Waals surface area contributed by atoms with Crippen molar-refractivity contribution in [1.29, 1.82) is 0 Å². The molecule has 0 saturated heterocycles. The van der Waals surface area contributed by atoms with Crippen LogP contribution in [0, 0.1) is 0 Å². The van der Waals surface area contributed by atoms with Crippen LogP contribution in [0.1, 0.15) is 26.5 Å². The van der Waals surface area contributed by atoms with Crippen molar-refractivity contribution in [2.24, 2.45) is 0 Å². The highest BCUT2D eigenvalue weighted by molar-refractivity contribution is 7.22. The fraction of sp³-hybridized carbons (Fsp3) is 0. The van der Waals surface area contributed by atoms with Crippen LogP contribution in [0.3, 0.4) is 0 Å². The topological polar surface area (TPSA) is 73.3 Å². The molecule has 0 aliphatic heterocycles. The Morgan fingerprint density at radius 3 is 2.29 bits per heavy atom. The summed E-state index contributed by atoms with van der Waals surface area (Å²) in [5.41, 5.74) is 1.16. The number of rotatable bonds is 2. The smallest absolute Gasteiger partial charge is 0.266 e. The molecule has 3 aromatic heterocycles. The third kappa shape index (κ3) is 2.87. The van der Waals surface area contributed by atoms with Crippen molar-refractivity contribution in [3.05, 3.63) is 81.0 Å². The molecule has 0 spiro atoms. The van der Waals surface area contributed by atoms with E-state index in [4.69, 9.17) is 32.0 Å². The van der Waals surface area contributed by atoms with Crippen LogP contribution in [0.25, 0.3) is 38.2 Å². The van der Waals surface area contributed by atoms with Crippen LogP contribution >= 0.6 is 34.5 Å². The number of hydrogen-bond donors (Lipinski definition) is 0. The molecule has 2 aromatic carbocycles. The molecule has 0 N–H and O–H groups in total. The second-order valence-corrected chi connectivity index (χ2v) is 8.91. The van der Waals surface area contributed by atoms with Gasteiger partial charge in [0, 0.05) is 21.9 Å². The molecule has 3 heterocycles. The van der Waals surface area contributed by atoms with Crippen molar-refractivity contribution in [1.82, 2.24) is 4.98 Å². The lowest BCUT2D eigenvalue weighted by Crippen LogP contribution is -1.99. The second-order valence-electron chi connectivity index (χ2n) is 7.01. The summed E-state index contributed by atoms with van der Waals surface area (Å²) in [5.74, 6) is -0.0966. The van der Waals surface area contributed by atoms with Crippen LogP contribution in [-0.2, 0) is 0 Å². The molecule has 0 fully saturated rings. The maximum atomic E-state index is 12.7. The Kier molecular flexibility index (Phi) is 3.99. The maximum Gasteiger partial charge on any atom is 0.266 e. The molecule has 6 rings (SSSR count). The van der Waals surface area contributed by atoms with Crippen molar-refractivity contribution < 1.29 is 18.4 Å². The Morgan fingerprint density at radius 2 is 1.61 bits per heavy atom. The number of benzene rings is 2. The van der Waals surface area contributed by atoms with Crippen molar-refractivity contribution in [2.75, 3.05) is 0 Å². The summed E-state index contributed by atoms with van der Waals surface area (Å²) in [6, 6.07) is 14.5. The van der Waals surface area contributed by atoms with E-state index in [9.17, 15) is 9.59 Å². The first kappa shape index (κ1) is 18.6. The third-order valence-electron chi connectivity index (χ3n) is 5.07. The molecule has 150 valence electrons. The molecule has 0 unspecified atom stereocenters. The van der Waals surface area contributed by atoms with Crippen LogP contribution in [0.4, 0.5) is 0 Å². The Morgan fingerprint density at radius 1 is 0.903 bits per heavy atom. The minimum Gasteiger partial charge on any atom is -0.436 e. The van der Waals surface area contributed by atoms with Crippen LogP contribution < -0.4 is 0 Å². The summed E-state index contributed by atoms with van der Waals surface area (Å²) in [4.78, 5) is 30.7. The number of Topliss-reactive ketones (excluding diaryl/α,β-unsaturated/α-hetero) is 2. The summed E-state index contributed by atoms with van der Waals surface area (Å²) in [6.07, 6.45) is 1.39. The Balaban J connectivity index is 1.37. The lowest BCUT2D eigenvalue weighted by molar-refractivity contribution is 0.0990. The number of oxazole rings is 1. The number of aromatic nitrogens is 1. The van der Waals surface area contributed by atoms with Crippen LogP contribution in [-0.4, -0.2) is 16.6 Å². The fourth-order valence-corrected chi connectivity index (χ4v) is 4.92. The summed E-state index contributed by atoms with van der Waals surface area (Å²) in [7, 11) is 0. The van der Waals surface area contributed by atoms with Gasteiger partial charge in [-0.3, -0.25) is 9.59 Å². The summed E-state index contributed by atoms with van der Waals surface area (Å²) < 4.78 is 12.7. The van der Waals surface area contributed by atoms with Crippen molar-refractivity contribution in [3.8, 4) is 10.8 Å². The average molecular weight is 466 g/mol. The number of ketones is 2. The van der Waals surface area contributed by atoms with Gasteiger partial charge in [0.1, 0.15) is 5.76 Å². The molecule has 1 aliphatic carbocycles. The molecule has 0 atom stereocenters. The zero-order valence-corrected chi connectivity index (χ0v) is 17.8.